The van der Waals surface area contributed by atoms with E-state index in [1.54, 1.807) is 0 Å². The molecule has 0 heterocycles. The molecule has 0 N–H and O–H groups in total. The molecule has 0 radical (unpaired) electrons. The zero-order valence-corrected chi connectivity index (χ0v) is 7.81. The van der Waals surface area contributed by atoms with Crippen LogP contribution in [0.3, 0.4) is 0 Å². The van der Waals surface area contributed by atoms with Crippen molar-refractivity contribution in [3.8, 4) is 24.4 Å². The maximum absolute atomic E-state index is 5.24. The second-order valence-corrected chi connectivity index (χ2v) is 2.66. The van der Waals surface area contributed by atoms with Gasteiger partial charge in [-0.05, 0) is 26.7 Å². The molecule has 0 saturated heterocycles. The van der Waals surface area contributed by atoms with Crippen molar-refractivity contribution in [1.29, 1.82) is 0 Å². The van der Waals surface area contributed by atoms with E-state index in [1.807, 2.05) is 20.8 Å². The largest absolute Gasteiger partial charge is 0.447 e. The van der Waals surface area contributed by atoms with Crippen molar-refractivity contribution in [3.63, 3.8) is 0 Å². The molecule has 0 aliphatic heterocycles. The Kier molecular flexibility index (Phi) is 5.00. The number of rotatable bonds is 3. The van der Waals surface area contributed by atoms with Crippen molar-refractivity contribution in [2.75, 3.05) is 13.2 Å². The Morgan fingerprint density at radius 1 is 1.42 bits per heavy atom. The van der Waals surface area contributed by atoms with Crippen LogP contribution in [0.15, 0.2) is 0 Å². The molecule has 0 bridgehead atoms. The summed E-state index contributed by atoms with van der Waals surface area (Å²) in [5.74, 6) is 5.19. The van der Waals surface area contributed by atoms with Crippen LogP contribution in [0.5, 0.6) is 0 Å². The van der Waals surface area contributed by atoms with E-state index in [1.165, 1.54) is 0 Å². The molecule has 0 aromatic carbocycles. The lowest BCUT2D eigenvalue weighted by Crippen LogP contribution is -2.22. The van der Waals surface area contributed by atoms with Crippen LogP contribution in [0.1, 0.15) is 20.8 Å². The van der Waals surface area contributed by atoms with Gasteiger partial charge < -0.3 is 9.47 Å². The summed E-state index contributed by atoms with van der Waals surface area (Å²) in [7, 11) is 0. The molecule has 0 aliphatic rings. The molecule has 0 aromatic rings. The van der Waals surface area contributed by atoms with E-state index in [-0.39, 0.29) is 6.61 Å². The lowest BCUT2D eigenvalue weighted by molar-refractivity contribution is 0.0495. The van der Waals surface area contributed by atoms with E-state index in [0.29, 0.717) is 6.61 Å². The van der Waals surface area contributed by atoms with Gasteiger partial charge in [-0.1, -0.05) is 5.92 Å². The maximum Gasteiger partial charge on any atom is 0.127 e. The van der Waals surface area contributed by atoms with Crippen LogP contribution in [0.25, 0.3) is 0 Å². The van der Waals surface area contributed by atoms with Gasteiger partial charge in [-0.2, -0.15) is 0 Å². The Morgan fingerprint density at radius 3 is 2.58 bits per heavy atom. The van der Waals surface area contributed by atoms with E-state index in [4.69, 9.17) is 15.9 Å². The van der Waals surface area contributed by atoms with Gasteiger partial charge in [0.25, 0.3) is 0 Å². The summed E-state index contributed by atoms with van der Waals surface area (Å²) in [5, 5.41) is 0. The molecule has 0 saturated carbocycles. The summed E-state index contributed by atoms with van der Waals surface area (Å²) in [6.07, 6.45) is 7.58. The summed E-state index contributed by atoms with van der Waals surface area (Å²) < 4.78 is 10.1. The van der Waals surface area contributed by atoms with Crippen molar-refractivity contribution >= 4 is 0 Å². The van der Waals surface area contributed by atoms with Crippen LogP contribution >= 0.6 is 0 Å². The van der Waals surface area contributed by atoms with Gasteiger partial charge in [-0.3, -0.25) is 0 Å². The molecule has 0 aliphatic carbocycles. The summed E-state index contributed by atoms with van der Waals surface area (Å²) in [5.41, 5.74) is -0.526. The van der Waals surface area contributed by atoms with E-state index < -0.39 is 5.60 Å². The van der Waals surface area contributed by atoms with Crippen molar-refractivity contribution in [2.45, 2.75) is 26.4 Å². The highest BCUT2D eigenvalue weighted by molar-refractivity contribution is 5.07. The summed E-state index contributed by atoms with van der Waals surface area (Å²) in [6, 6.07) is 0. The molecule has 0 aromatic heterocycles. The zero-order chi connectivity index (χ0) is 9.45. The minimum Gasteiger partial charge on any atom is -0.447 e. The molecule has 12 heavy (non-hydrogen) atoms. The highest BCUT2D eigenvalue weighted by Crippen LogP contribution is 2.05. The average molecular weight is 166 g/mol. The van der Waals surface area contributed by atoms with Crippen molar-refractivity contribution in [2.24, 2.45) is 0 Å². The number of ether oxygens (including phenoxy) is 2. The molecular weight excluding hydrogens is 152 g/mol. The molecular formula is C10H14O2. The van der Waals surface area contributed by atoms with Crippen LogP contribution in [0.2, 0.25) is 0 Å². The fraction of sp³-hybridized carbons (Fsp3) is 0.600. The molecule has 66 valence electrons. The standard InChI is InChI=1S/C10H14O2/c1-5-8-12-10(3,4)7-9-11-6-2/h1H,6,8H2,2-4H3. The molecule has 0 unspecified atom stereocenters. The predicted octanol–water partition coefficient (Wildman–Crippen LogP) is 1.41. The Balaban J connectivity index is 3.89. The van der Waals surface area contributed by atoms with Crippen LogP contribution in [0.4, 0.5) is 0 Å². The fourth-order valence-electron chi connectivity index (χ4n) is 0.489. The second kappa shape index (κ2) is 5.52. The lowest BCUT2D eigenvalue weighted by atomic mass is 10.1. The first-order chi connectivity index (χ1) is 5.62. The van der Waals surface area contributed by atoms with Crippen LogP contribution in [0, 0.1) is 24.4 Å². The normalized spacial score (nSPS) is 9.50. The minimum atomic E-state index is -0.526. The highest BCUT2D eigenvalue weighted by Gasteiger charge is 2.13. The molecule has 0 amide bonds. The third-order valence-electron chi connectivity index (χ3n) is 1.08. The summed E-state index contributed by atoms with van der Waals surface area (Å²) in [4.78, 5) is 0. The average Bonchev–Trinajstić information content (AvgIpc) is 2.01. The van der Waals surface area contributed by atoms with Gasteiger partial charge in [-0.25, -0.2) is 0 Å². The van der Waals surface area contributed by atoms with Gasteiger partial charge >= 0.3 is 0 Å². The highest BCUT2D eigenvalue weighted by atomic mass is 16.5. The Labute approximate surface area is 74.2 Å². The topological polar surface area (TPSA) is 18.5 Å². The van der Waals surface area contributed by atoms with E-state index in [9.17, 15) is 0 Å². The minimum absolute atomic E-state index is 0.272. The van der Waals surface area contributed by atoms with E-state index in [2.05, 4.69) is 17.9 Å². The Bertz CT molecular complexity index is 212. The number of terminal acetylenes is 1. The smallest absolute Gasteiger partial charge is 0.127 e. The first-order valence-corrected chi connectivity index (χ1v) is 3.83. The molecule has 0 rings (SSSR count). The quantitative estimate of drug-likeness (QED) is 0.590. The summed E-state index contributed by atoms with van der Waals surface area (Å²) >= 11 is 0. The predicted molar refractivity (Wildman–Crippen MR) is 48.3 cm³/mol. The molecule has 0 fully saturated rings. The van der Waals surface area contributed by atoms with Gasteiger partial charge in [0.05, 0.1) is 6.61 Å². The lowest BCUT2D eigenvalue weighted by Gasteiger charge is -2.15. The Morgan fingerprint density at radius 2 is 2.08 bits per heavy atom. The van der Waals surface area contributed by atoms with Crippen LogP contribution < -0.4 is 0 Å². The second-order valence-electron chi connectivity index (χ2n) is 2.66. The first kappa shape index (κ1) is 10.9. The van der Waals surface area contributed by atoms with Crippen molar-refractivity contribution in [1.82, 2.24) is 0 Å². The van der Waals surface area contributed by atoms with E-state index >= 15 is 0 Å². The van der Waals surface area contributed by atoms with Gasteiger partial charge in [0.1, 0.15) is 18.3 Å². The van der Waals surface area contributed by atoms with Crippen LogP contribution in [-0.4, -0.2) is 18.8 Å². The maximum atomic E-state index is 5.24. The fourth-order valence-corrected chi connectivity index (χ4v) is 0.489. The summed E-state index contributed by atoms with van der Waals surface area (Å²) in [6.45, 7) is 6.42. The Hall–Kier alpha value is -1.12. The van der Waals surface area contributed by atoms with Crippen LogP contribution in [-0.2, 0) is 9.47 Å². The van der Waals surface area contributed by atoms with Gasteiger partial charge in [0.2, 0.25) is 0 Å². The van der Waals surface area contributed by atoms with E-state index in [0.717, 1.165) is 0 Å². The monoisotopic (exact) mass is 166 g/mol. The zero-order valence-electron chi connectivity index (χ0n) is 7.81. The third-order valence-corrected chi connectivity index (χ3v) is 1.08. The number of hydrogen-bond acceptors (Lipinski definition) is 2. The van der Waals surface area contributed by atoms with Gasteiger partial charge in [0.15, 0.2) is 0 Å². The van der Waals surface area contributed by atoms with Crippen molar-refractivity contribution in [3.05, 3.63) is 0 Å². The molecule has 0 spiro atoms. The SMILES string of the molecule is C#CCOC(C)(C)C#COCC. The third kappa shape index (κ3) is 5.65. The van der Waals surface area contributed by atoms with Gasteiger partial charge in [0, 0.05) is 0 Å². The first-order valence-electron chi connectivity index (χ1n) is 3.83. The van der Waals surface area contributed by atoms with Crippen molar-refractivity contribution < 1.29 is 9.47 Å². The molecule has 2 heteroatoms. The number of hydrogen-bond donors (Lipinski definition) is 0. The molecule has 2 nitrogen and oxygen atoms in total. The molecule has 0 atom stereocenters. The van der Waals surface area contributed by atoms with Gasteiger partial charge in [-0.15, -0.1) is 6.42 Å².